The van der Waals surface area contributed by atoms with E-state index in [-0.39, 0.29) is 11.7 Å². The molecular weight excluding hydrogens is 486 g/mol. The third-order valence-electron chi connectivity index (χ3n) is 4.73. The third-order valence-corrected chi connectivity index (χ3v) is 5.48. The Labute approximate surface area is 191 Å². The van der Waals surface area contributed by atoms with Crippen LogP contribution in [0.3, 0.4) is 0 Å². The number of allylic oxidation sites excluding steroid dienone is 1. The van der Waals surface area contributed by atoms with Gasteiger partial charge in [0.05, 0.1) is 12.7 Å². The predicted octanol–water partition coefficient (Wildman–Crippen LogP) is 4.41. The molecule has 3 aromatic rings. The van der Waals surface area contributed by atoms with Crippen molar-refractivity contribution in [2.75, 3.05) is 17.7 Å². The van der Waals surface area contributed by atoms with Crippen molar-refractivity contribution in [3.8, 4) is 0 Å². The molecule has 31 heavy (non-hydrogen) atoms. The topological polar surface area (TPSA) is 98.1 Å². The second-order valence-electron chi connectivity index (χ2n) is 6.78. The highest BCUT2D eigenvalue weighted by Gasteiger charge is 2.35. The van der Waals surface area contributed by atoms with E-state index in [1.807, 2.05) is 24.3 Å². The summed E-state index contributed by atoms with van der Waals surface area (Å²) in [6.45, 7) is 1.78. The van der Waals surface area contributed by atoms with Gasteiger partial charge in [-0.05, 0) is 48.9 Å². The summed E-state index contributed by atoms with van der Waals surface area (Å²) >= 11 is 9.42. The number of esters is 1. The number of carbonyl (C=O) groups is 2. The van der Waals surface area contributed by atoms with Gasteiger partial charge in [-0.15, -0.1) is 5.10 Å². The number of rotatable bonds is 4. The van der Waals surface area contributed by atoms with Gasteiger partial charge in [-0.1, -0.05) is 39.7 Å². The lowest BCUT2D eigenvalue weighted by Crippen LogP contribution is -2.31. The first-order valence-electron chi connectivity index (χ1n) is 9.22. The van der Waals surface area contributed by atoms with E-state index in [9.17, 15) is 9.59 Å². The van der Waals surface area contributed by atoms with E-state index in [0.29, 0.717) is 27.9 Å². The van der Waals surface area contributed by atoms with Crippen LogP contribution in [0.1, 0.15) is 29.1 Å². The smallest absolute Gasteiger partial charge is 0.378 e. The molecule has 1 aliphatic rings. The van der Waals surface area contributed by atoms with Gasteiger partial charge in [-0.3, -0.25) is 4.79 Å². The summed E-state index contributed by atoms with van der Waals surface area (Å²) in [6.07, 6.45) is 0. The number of fused-ring (bicyclic) bond motifs is 1. The van der Waals surface area contributed by atoms with Crippen molar-refractivity contribution >= 4 is 51.0 Å². The normalized spacial score (nSPS) is 15.2. The van der Waals surface area contributed by atoms with Gasteiger partial charge in [0.15, 0.2) is 0 Å². The third kappa shape index (κ3) is 4.19. The van der Waals surface area contributed by atoms with Gasteiger partial charge in [0.25, 0.3) is 11.7 Å². The van der Waals surface area contributed by atoms with E-state index in [2.05, 4.69) is 36.6 Å². The molecule has 0 saturated carbocycles. The Morgan fingerprint density at radius 3 is 2.65 bits per heavy atom. The van der Waals surface area contributed by atoms with Crippen molar-refractivity contribution in [1.82, 2.24) is 14.8 Å². The fourth-order valence-corrected chi connectivity index (χ4v) is 3.88. The molecule has 8 nitrogen and oxygen atoms in total. The molecule has 0 radical (unpaired) electrons. The number of ether oxygens (including phenoxy) is 1. The number of methoxy groups -OCH3 is 1. The summed E-state index contributed by atoms with van der Waals surface area (Å²) in [5.74, 6) is -0.748. The van der Waals surface area contributed by atoms with E-state index >= 15 is 0 Å². The molecule has 1 amide bonds. The van der Waals surface area contributed by atoms with Crippen molar-refractivity contribution in [2.24, 2.45) is 0 Å². The van der Waals surface area contributed by atoms with E-state index in [1.54, 1.807) is 31.2 Å². The molecule has 0 bridgehead atoms. The first-order valence-corrected chi connectivity index (χ1v) is 10.4. The van der Waals surface area contributed by atoms with Gasteiger partial charge in [0.2, 0.25) is 5.95 Å². The quantitative estimate of drug-likeness (QED) is 0.513. The molecule has 4 rings (SSSR count). The summed E-state index contributed by atoms with van der Waals surface area (Å²) < 4.78 is 7.10. The van der Waals surface area contributed by atoms with Crippen LogP contribution in [0.2, 0.25) is 5.02 Å². The fourth-order valence-electron chi connectivity index (χ4n) is 3.34. The standard InChI is InChI=1S/C21H17BrClN5O3/c1-11-16(19(29)25-15-8-6-14(23)7-9-15)17(12-4-3-5-13(22)10-12)28-21(24-11)26-18(27-28)20(30)31-2/h3-10,17H,1-2H3,(H,25,29)(H,24,26,27)/t17-/m0/s1. The second kappa shape index (κ2) is 8.52. The van der Waals surface area contributed by atoms with Crippen LogP contribution in [0, 0.1) is 0 Å². The van der Waals surface area contributed by atoms with Gasteiger partial charge < -0.3 is 15.4 Å². The number of nitrogens with zero attached hydrogens (tertiary/aromatic N) is 3. The first kappa shape index (κ1) is 21.1. The molecule has 2 N–H and O–H groups in total. The number of carbonyl (C=O) groups excluding carboxylic acids is 2. The lowest BCUT2D eigenvalue weighted by atomic mass is 9.95. The largest absolute Gasteiger partial charge is 0.463 e. The Morgan fingerprint density at radius 2 is 1.97 bits per heavy atom. The maximum absolute atomic E-state index is 13.3. The minimum Gasteiger partial charge on any atom is -0.463 e. The lowest BCUT2D eigenvalue weighted by molar-refractivity contribution is -0.113. The monoisotopic (exact) mass is 501 g/mol. The van der Waals surface area contributed by atoms with E-state index in [0.717, 1.165) is 10.0 Å². The summed E-state index contributed by atoms with van der Waals surface area (Å²) in [7, 11) is 1.26. The first-order chi connectivity index (χ1) is 14.9. The van der Waals surface area contributed by atoms with Crippen LogP contribution in [0.5, 0.6) is 0 Å². The molecule has 2 aromatic carbocycles. The number of hydrogen-bond donors (Lipinski definition) is 2. The molecule has 0 fully saturated rings. The number of nitrogens with one attached hydrogen (secondary N) is 2. The number of aromatic nitrogens is 3. The van der Waals surface area contributed by atoms with E-state index in [1.165, 1.54) is 11.8 Å². The minimum atomic E-state index is -0.665. The van der Waals surface area contributed by atoms with Gasteiger partial charge in [0, 0.05) is 20.9 Å². The molecule has 0 aliphatic carbocycles. The van der Waals surface area contributed by atoms with Crippen molar-refractivity contribution < 1.29 is 14.3 Å². The average Bonchev–Trinajstić information content (AvgIpc) is 3.17. The number of amides is 1. The Hall–Kier alpha value is -3.17. The molecular formula is C21H17BrClN5O3. The van der Waals surface area contributed by atoms with Gasteiger partial charge in [-0.25, -0.2) is 9.48 Å². The van der Waals surface area contributed by atoms with Crippen molar-refractivity contribution in [2.45, 2.75) is 13.0 Å². The maximum Gasteiger partial charge on any atom is 0.378 e. The zero-order valence-electron chi connectivity index (χ0n) is 16.5. The van der Waals surface area contributed by atoms with Gasteiger partial charge in [-0.2, -0.15) is 4.98 Å². The van der Waals surface area contributed by atoms with Crippen molar-refractivity contribution in [1.29, 1.82) is 0 Å². The summed E-state index contributed by atoms with van der Waals surface area (Å²) in [4.78, 5) is 29.6. The Kier molecular flexibility index (Phi) is 5.79. The number of anilines is 2. The summed E-state index contributed by atoms with van der Waals surface area (Å²) in [5, 5.41) is 10.8. The van der Waals surface area contributed by atoms with Crippen LogP contribution in [0.4, 0.5) is 11.6 Å². The van der Waals surface area contributed by atoms with Crippen LogP contribution in [0.15, 0.2) is 64.3 Å². The van der Waals surface area contributed by atoms with Crippen molar-refractivity contribution in [3.05, 3.63) is 80.7 Å². The van der Waals surface area contributed by atoms with Crippen LogP contribution in [0.25, 0.3) is 0 Å². The number of hydrogen-bond acceptors (Lipinski definition) is 6. The van der Waals surface area contributed by atoms with Crippen LogP contribution in [-0.4, -0.2) is 33.8 Å². The van der Waals surface area contributed by atoms with Gasteiger partial charge >= 0.3 is 5.97 Å². The second-order valence-corrected chi connectivity index (χ2v) is 8.13. The number of halogens is 2. The van der Waals surface area contributed by atoms with Crippen LogP contribution in [-0.2, 0) is 9.53 Å². The molecule has 1 aromatic heterocycles. The fraction of sp³-hybridized carbons (Fsp3) is 0.143. The summed E-state index contributed by atoms with van der Waals surface area (Å²) in [6, 6.07) is 13.7. The molecule has 0 spiro atoms. The summed E-state index contributed by atoms with van der Waals surface area (Å²) in [5.41, 5.74) is 2.41. The highest BCUT2D eigenvalue weighted by Crippen LogP contribution is 2.36. The maximum atomic E-state index is 13.3. The Balaban J connectivity index is 1.80. The van der Waals surface area contributed by atoms with E-state index < -0.39 is 12.0 Å². The average molecular weight is 503 g/mol. The highest BCUT2D eigenvalue weighted by molar-refractivity contribution is 9.10. The zero-order chi connectivity index (χ0) is 22.1. The lowest BCUT2D eigenvalue weighted by Gasteiger charge is -2.28. The molecule has 0 unspecified atom stereocenters. The van der Waals surface area contributed by atoms with E-state index in [4.69, 9.17) is 16.3 Å². The zero-order valence-corrected chi connectivity index (χ0v) is 18.9. The Morgan fingerprint density at radius 1 is 1.23 bits per heavy atom. The molecule has 10 heteroatoms. The number of benzene rings is 2. The molecule has 0 saturated heterocycles. The van der Waals surface area contributed by atoms with Crippen LogP contribution < -0.4 is 10.6 Å². The highest BCUT2D eigenvalue weighted by atomic mass is 79.9. The predicted molar refractivity (Wildman–Crippen MR) is 120 cm³/mol. The molecule has 158 valence electrons. The van der Waals surface area contributed by atoms with Crippen LogP contribution >= 0.6 is 27.5 Å². The molecule has 1 aliphatic heterocycles. The minimum absolute atomic E-state index is 0.0999. The van der Waals surface area contributed by atoms with Gasteiger partial charge in [0.1, 0.15) is 6.04 Å². The van der Waals surface area contributed by atoms with Crippen molar-refractivity contribution in [3.63, 3.8) is 0 Å². The molecule has 1 atom stereocenters. The molecule has 2 heterocycles. The SMILES string of the molecule is COC(=O)c1nc2n(n1)[C@@H](c1cccc(Br)c1)C(C(=O)Nc1ccc(Cl)cc1)=C(C)N2. The Bertz CT molecular complexity index is 1210.